The molecule has 0 amide bonds. The van der Waals surface area contributed by atoms with Crippen molar-refractivity contribution in [3.63, 3.8) is 0 Å². The first kappa shape index (κ1) is 20.5. The molecule has 0 bridgehead atoms. The monoisotopic (exact) mass is 432 g/mol. The molecule has 3 heterocycles. The Bertz CT molecular complexity index is 1250. The molecule has 0 saturated carbocycles. The highest BCUT2D eigenvalue weighted by atomic mass is 19.1. The van der Waals surface area contributed by atoms with Crippen molar-refractivity contribution in [3.05, 3.63) is 66.1 Å². The van der Waals surface area contributed by atoms with Crippen molar-refractivity contribution < 1.29 is 14.2 Å². The first-order chi connectivity index (χ1) is 15.6. The second-order valence-corrected chi connectivity index (χ2v) is 8.10. The Kier molecular flexibility index (Phi) is 5.27. The van der Waals surface area contributed by atoms with E-state index in [-0.39, 0.29) is 18.5 Å². The molecule has 1 fully saturated rings. The van der Waals surface area contributed by atoms with E-state index in [1.807, 2.05) is 41.8 Å². The minimum absolute atomic E-state index is 0.0412. The third kappa shape index (κ3) is 3.48. The quantitative estimate of drug-likeness (QED) is 0.504. The van der Waals surface area contributed by atoms with E-state index in [9.17, 15) is 9.50 Å². The zero-order valence-electron chi connectivity index (χ0n) is 18.1. The van der Waals surface area contributed by atoms with Crippen LogP contribution in [0.4, 0.5) is 10.2 Å². The summed E-state index contributed by atoms with van der Waals surface area (Å²) in [4.78, 5) is 7.17. The molecular formula is C25H25FN4O2. The number of rotatable bonds is 5. The highest BCUT2D eigenvalue weighted by molar-refractivity contribution is 5.83. The molecule has 164 valence electrons. The molecule has 6 nitrogen and oxygen atoms in total. The van der Waals surface area contributed by atoms with Crippen LogP contribution >= 0.6 is 0 Å². The van der Waals surface area contributed by atoms with Crippen molar-refractivity contribution in [2.45, 2.75) is 25.8 Å². The summed E-state index contributed by atoms with van der Waals surface area (Å²) in [5, 5.41) is 14.7. The van der Waals surface area contributed by atoms with Crippen LogP contribution in [0.2, 0.25) is 0 Å². The molecule has 1 atom stereocenters. The number of ether oxygens (including phenoxy) is 1. The molecule has 1 aliphatic rings. The molecule has 4 aromatic rings. The van der Waals surface area contributed by atoms with Gasteiger partial charge in [-0.15, -0.1) is 0 Å². The molecule has 1 N–H and O–H groups in total. The lowest BCUT2D eigenvalue weighted by atomic mass is 10.1. The van der Waals surface area contributed by atoms with E-state index in [0.29, 0.717) is 0 Å². The molecule has 32 heavy (non-hydrogen) atoms. The predicted octanol–water partition coefficient (Wildman–Crippen LogP) is 4.48. The molecule has 2 aromatic heterocycles. The molecule has 0 aliphatic carbocycles. The highest BCUT2D eigenvalue weighted by Gasteiger charge is 2.27. The van der Waals surface area contributed by atoms with Gasteiger partial charge in [0.2, 0.25) is 0 Å². The number of hydrogen-bond donors (Lipinski definition) is 1. The van der Waals surface area contributed by atoms with E-state index in [2.05, 4.69) is 4.90 Å². The van der Waals surface area contributed by atoms with Crippen molar-refractivity contribution in [3.8, 4) is 28.1 Å². The van der Waals surface area contributed by atoms with Gasteiger partial charge in [-0.2, -0.15) is 5.10 Å². The summed E-state index contributed by atoms with van der Waals surface area (Å²) in [5.41, 5.74) is 5.20. The Morgan fingerprint density at radius 1 is 1.09 bits per heavy atom. The maximum Gasteiger partial charge on any atom is 0.166 e. The molecule has 2 aromatic carbocycles. The van der Waals surface area contributed by atoms with Crippen LogP contribution in [0.15, 0.2) is 54.6 Å². The molecule has 5 rings (SSSR count). The molecular weight excluding hydrogens is 407 g/mol. The van der Waals surface area contributed by atoms with Crippen LogP contribution in [0.3, 0.4) is 0 Å². The standard InChI is InChI=1S/C25H25FN4O2/c1-16-24(18-7-11-21(32-2)12-8-18)25-27-23(29-13-3-4-20(29)15-31)14-22(30(25)28-16)17-5-9-19(26)10-6-17/h5-12,14,20,31H,3-4,13,15H2,1-2H3. The van der Waals surface area contributed by atoms with Crippen molar-refractivity contribution in [1.29, 1.82) is 0 Å². The van der Waals surface area contributed by atoms with Crippen LogP contribution in [0.1, 0.15) is 18.5 Å². The number of hydrogen-bond acceptors (Lipinski definition) is 5. The summed E-state index contributed by atoms with van der Waals surface area (Å²) in [7, 11) is 1.64. The van der Waals surface area contributed by atoms with Gasteiger partial charge in [0.15, 0.2) is 5.65 Å². The van der Waals surface area contributed by atoms with E-state index < -0.39 is 0 Å². The van der Waals surface area contributed by atoms with Gasteiger partial charge < -0.3 is 14.7 Å². The average molecular weight is 432 g/mol. The van der Waals surface area contributed by atoms with Crippen molar-refractivity contribution in [2.24, 2.45) is 0 Å². The van der Waals surface area contributed by atoms with Gasteiger partial charge >= 0.3 is 0 Å². The topological polar surface area (TPSA) is 62.9 Å². The van der Waals surface area contributed by atoms with Gasteiger partial charge in [0.25, 0.3) is 0 Å². The number of benzene rings is 2. The Hall–Kier alpha value is -3.45. The molecule has 0 radical (unpaired) electrons. The minimum Gasteiger partial charge on any atom is -0.497 e. The Balaban J connectivity index is 1.75. The SMILES string of the molecule is COc1ccc(-c2c(C)nn3c(-c4ccc(F)cc4)cc(N4CCCC4CO)nc23)cc1. The summed E-state index contributed by atoms with van der Waals surface area (Å²) in [6.07, 6.45) is 1.94. The summed E-state index contributed by atoms with van der Waals surface area (Å²) in [6.45, 7) is 2.89. The zero-order chi connectivity index (χ0) is 22.2. The Morgan fingerprint density at radius 3 is 2.50 bits per heavy atom. The van der Waals surface area contributed by atoms with E-state index in [1.165, 1.54) is 12.1 Å². The lowest BCUT2D eigenvalue weighted by Gasteiger charge is -2.25. The van der Waals surface area contributed by atoms with Gasteiger partial charge in [-0.3, -0.25) is 0 Å². The smallest absolute Gasteiger partial charge is 0.166 e. The maximum absolute atomic E-state index is 13.6. The van der Waals surface area contributed by atoms with Crippen molar-refractivity contribution >= 4 is 11.5 Å². The van der Waals surface area contributed by atoms with Gasteiger partial charge in [0.1, 0.15) is 17.4 Å². The number of halogens is 1. The van der Waals surface area contributed by atoms with Gasteiger partial charge in [0, 0.05) is 23.7 Å². The van der Waals surface area contributed by atoms with E-state index >= 15 is 0 Å². The third-order valence-electron chi connectivity index (χ3n) is 6.15. The van der Waals surface area contributed by atoms with Crippen LogP contribution in [0.25, 0.3) is 28.0 Å². The van der Waals surface area contributed by atoms with Gasteiger partial charge in [0.05, 0.1) is 31.1 Å². The van der Waals surface area contributed by atoms with E-state index in [1.54, 1.807) is 19.2 Å². The van der Waals surface area contributed by atoms with Crippen molar-refractivity contribution in [1.82, 2.24) is 14.6 Å². The maximum atomic E-state index is 13.6. The Labute approximate surface area is 185 Å². The first-order valence-electron chi connectivity index (χ1n) is 10.8. The summed E-state index contributed by atoms with van der Waals surface area (Å²) < 4.78 is 20.7. The highest BCUT2D eigenvalue weighted by Crippen LogP contribution is 2.35. The van der Waals surface area contributed by atoms with E-state index in [0.717, 1.165) is 64.7 Å². The minimum atomic E-state index is -0.283. The third-order valence-corrected chi connectivity index (χ3v) is 6.15. The van der Waals surface area contributed by atoms with Crippen molar-refractivity contribution in [2.75, 3.05) is 25.2 Å². The lowest BCUT2D eigenvalue weighted by molar-refractivity contribution is 0.266. The number of aromatic nitrogens is 3. The average Bonchev–Trinajstić information content (AvgIpc) is 3.42. The van der Waals surface area contributed by atoms with Crippen LogP contribution in [0, 0.1) is 12.7 Å². The molecule has 7 heteroatoms. The van der Waals surface area contributed by atoms with Crippen LogP contribution in [-0.4, -0.2) is 46.0 Å². The van der Waals surface area contributed by atoms with Gasteiger partial charge in [-0.25, -0.2) is 13.9 Å². The number of aliphatic hydroxyl groups is 1. The largest absolute Gasteiger partial charge is 0.497 e. The van der Waals surface area contributed by atoms with E-state index in [4.69, 9.17) is 14.8 Å². The number of fused-ring (bicyclic) bond motifs is 1. The molecule has 0 spiro atoms. The Morgan fingerprint density at radius 2 is 1.81 bits per heavy atom. The predicted molar refractivity (Wildman–Crippen MR) is 123 cm³/mol. The van der Waals surface area contributed by atoms with Gasteiger partial charge in [-0.05, 0) is 61.7 Å². The summed E-state index contributed by atoms with van der Waals surface area (Å²) in [5.74, 6) is 1.30. The number of aliphatic hydroxyl groups excluding tert-OH is 1. The fourth-order valence-corrected chi connectivity index (χ4v) is 4.51. The lowest BCUT2D eigenvalue weighted by Crippen LogP contribution is -2.32. The first-order valence-corrected chi connectivity index (χ1v) is 10.8. The molecule has 1 aliphatic heterocycles. The zero-order valence-corrected chi connectivity index (χ0v) is 18.1. The van der Waals surface area contributed by atoms with Crippen LogP contribution in [0.5, 0.6) is 5.75 Å². The normalized spacial score (nSPS) is 16.1. The fourth-order valence-electron chi connectivity index (χ4n) is 4.51. The summed E-state index contributed by atoms with van der Waals surface area (Å²) in [6, 6.07) is 16.3. The van der Waals surface area contributed by atoms with Crippen LogP contribution in [-0.2, 0) is 0 Å². The fraction of sp³-hybridized carbons (Fsp3) is 0.280. The number of methoxy groups -OCH3 is 1. The number of anilines is 1. The molecule has 1 saturated heterocycles. The van der Waals surface area contributed by atoms with Gasteiger partial charge in [-0.1, -0.05) is 12.1 Å². The molecule has 1 unspecified atom stereocenters. The number of nitrogens with zero attached hydrogens (tertiary/aromatic N) is 4. The van der Waals surface area contributed by atoms with Crippen LogP contribution < -0.4 is 9.64 Å². The second-order valence-electron chi connectivity index (χ2n) is 8.10. The summed E-state index contributed by atoms with van der Waals surface area (Å²) >= 11 is 0. The number of aryl methyl sites for hydroxylation is 1. The second kappa shape index (κ2) is 8.24.